The molecule has 68 valence electrons. The fourth-order valence-electron chi connectivity index (χ4n) is 2.87. The zero-order chi connectivity index (χ0) is 8.77. The van der Waals surface area contributed by atoms with E-state index in [0.29, 0.717) is 24.0 Å². The minimum atomic E-state index is -0.481. The summed E-state index contributed by atoms with van der Waals surface area (Å²) in [5.41, 5.74) is -0.481. The van der Waals surface area contributed by atoms with Crippen LogP contribution in [0.3, 0.4) is 0 Å². The molecule has 3 atom stereocenters. The molecule has 2 rings (SSSR count). The van der Waals surface area contributed by atoms with E-state index >= 15 is 0 Å². The standard InChI is InChI=1S/C10H16O2/c1-10(12)5-4-7-6-8(11)2-3-9(7)10/h7,9,12H,2-6H2,1H3. The molecule has 0 amide bonds. The van der Waals surface area contributed by atoms with Crippen LogP contribution in [0.1, 0.15) is 39.0 Å². The number of ketones is 1. The lowest BCUT2D eigenvalue weighted by Crippen LogP contribution is -2.35. The lowest BCUT2D eigenvalue weighted by molar-refractivity contribution is -0.123. The van der Waals surface area contributed by atoms with Crippen molar-refractivity contribution in [1.82, 2.24) is 0 Å². The van der Waals surface area contributed by atoms with Gasteiger partial charge in [-0.2, -0.15) is 0 Å². The van der Waals surface area contributed by atoms with Gasteiger partial charge in [-0.15, -0.1) is 0 Å². The van der Waals surface area contributed by atoms with Crippen LogP contribution >= 0.6 is 0 Å². The van der Waals surface area contributed by atoms with E-state index in [1.54, 1.807) is 0 Å². The minimum Gasteiger partial charge on any atom is -0.390 e. The summed E-state index contributed by atoms with van der Waals surface area (Å²) in [5.74, 6) is 1.28. The summed E-state index contributed by atoms with van der Waals surface area (Å²) in [5, 5.41) is 9.96. The van der Waals surface area contributed by atoms with Crippen molar-refractivity contribution in [2.75, 3.05) is 0 Å². The number of hydrogen-bond acceptors (Lipinski definition) is 2. The number of carbonyl (C=O) groups excluding carboxylic acids is 1. The first kappa shape index (κ1) is 8.24. The summed E-state index contributed by atoms with van der Waals surface area (Å²) >= 11 is 0. The molecule has 0 aromatic rings. The zero-order valence-electron chi connectivity index (χ0n) is 7.55. The van der Waals surface area contributed by atoms with Gasteiger partial charge in [0.1, 0.15) is 5.78 Å². The Balaban J connectivity index is 2.13. The van der Waals surface area contributed by atoms with Crippen LogP contribution in [0.25, 0.3) is 0 Å². The molecule has 0 saturated heterocycles. The molecule has 2 aliphatic carbocycles. The second-order valence-corrected chi connectivity index (χ2v) is 4.54. The van der Waals surface area contributed by atoms with Crippen molar-refractivity contribution in [2.45, 2.75) is 44.6 Å². The molecule has 0 heterocycles. The van der Waals surface area contributed by atoms with E-state index in [-0.39, 0.29) is 0 Å². The smallest absolute Gasteiger partial charge is 0.133 e. The van der Waals surface area contributed by atoms with Crippen molar-refractivity contribution >= 4 is 5.78 Å². The molecule has 0 bridgehead atoms. The van der Waals surface area contributed by atoms with Gasteiger partial charge < -0.3 is 5.11 Å². The highest BCUT2D eigenvalue weighted by atomic mass is 16.3. The van der Waals surface area contributed by atoms with Gasteiger partial charge in [-0.05, 0) is 38.0 Å². The SMILES string of the molecule is CC1(O)CCC2CC(=O)CCC21. The lowest BCUT2D eigenvalue weighted by Gasteiger charge is -2.32. The first-order valence-electron chi connectivity index (χ1n) is 4.84. The predicted molar refractivity (Wildman–Crippen MR) is 45.7 cm³/mol. The molecular formula is C10H16O2. The Morgan fingerprint density at radius 1 is 1.50 bits per heavy atom. The first-order chi connectivity index (χ1) is 5.59. The zero-order valence-corrected chi connectivity index (χ0v) is 7.55. The predicted octanol–water partition coefficient (Wildman–Crippen LogP) is 1.52. The normalized spacial score (nSPS) is 47.7. The molecule has 2 fully saturated rings. The number of fused-ring (bicyclic) bond motifs is 1. The van der Waals surface area contributed by atoms with Crippen LogP contribution in [-0.2, 0) is 4.79 Å². The molecule has 0 aliphatic heterocycles. The van der Waals surface area contributed by atoms with Gasteiger partial charge in [0, 0.05) is 12.8 Å². The quantitative estimate of drug-likeness (QED) is 0.595. The molecule has 2 heteroatoms. The van der Waals surface area contributed by atoms with Crippen molar-refractivity contribution in [3.05, 3.63) is 0 Å². The van der Waals surface area contributed by atoms with Gasteiger partial charge in [-0.3, -0.25) is 4.79 Å². The molecule has 3 unspecified atom stereocenters. The van der Waals surface area contributed by atoms with Crippen molar-refractivity contribution < 1.29 is 9.90 Å². The number of aliphatic hydroxyl groups is 1. The Morgan fingerprint density at radius 3 is 3.00 bits per heavy atom. The van der Waals surface area contributed by atoms with E-state index in [1.807, 2.05) is 6.92 Å². The molecule has 2 aliphatic rings. The van der Waals surface area contributed by atoms with Crippen LogP contribution in [0.15, 0.2) is 0 Å². The molecule has 0 radical (unpaired) electrons. The highest BCUT2D eigenvalue weighted by molar-refractivity contribution is 5.79. The largest absolute Gasteiger partial charge is 0.390 e. The Kier molecular flexibility index (Phi) is 1.76. The maximum Gasteiger partial charge on any atom is 0.133 e. The van der Waals surface area contributed by atoms with Crippen molar-refractivity contribution in [1.29, 1.82) is 0 Å². The third-order valence-corrected chi connectivity index (χ3v) is 3.61. The third-order valence-electron chi connectivity index (χ3n) is 3.61. The van der Waals surface area contributed by atoms with E-state index in [0.717, 1.165) is 25.7 Å². The van der Waals surface area contributed by atoms with Crippen molar-refractivity contribution in [3.63, 3.8) is 0 Å². The van der Waals surface area contributed by atoms with Gasteiger partial charge in [-0.1, -0.05) is 0 Å². The fourth-order valence-corrected chi connectivity index (χ4v) is 2.87. The van der Waals surface area contributed by atoms with Crippen LogP contribution in [0.4, 0.5) is 0 Å². The van der Waals surface area contributed by atoms with Gasteiger partial charge >= 0.3 is 0 Å². The summed E-state index contributed by atoms with van der Waals surface area (Å²) in [6.45, 7) is 1.92. The monoisotopic (exact) mass is 168 g/mol. The van der Waals surface area contributed by atoms with E-state index < -0.39 is 5.60 Å². The summed E-state index contributed by atoms with van der Waals surface area (Å²) < 4.78 is 0. The molecule has 2 nitrogen and oxygen atoms in total. The summed E-state index contributed by atoms with van der Waals surface area (Å²) in [4.78, 5) is 11.1. The average molecular weight is 168 g/mol. The Hall–Kier alpha value is -0.370. The van der Waals surface area contributed by atoms with Gasteiger partial charge in [0.15, 0.2) is 0 Å². The summed E-state index contributed by atoms with van der Waals surface area (Å²) in [6.07, 6.45) is 4.26. The second-order valence-electron chi connectivity index (χ2n) is 4.54. The Morgan fingerprint density at radius 2 is 2.25 bits per heavy atom. The molecule has 1 N–H and O–H groups in total. The fraction of sp³-hybridized carbons (Fsp3) is 0.900. The van der Waals surface area contributed by atoms with Crippen molar-refractivity contribution in [2.24, 2.45) is 11.8 Å². The summed E-state index contributed by atoms with van der Waals surface area (Å²) in [6, 6.07) is 0. The van der Waals surface area contributed by atoms with Crippen LogP contribution < -0.4 is 0 Å². The van der Waals surface area contributed by atoms with E-state index in [2.05, 4.69) is 0 Å². The molecular weight excluding hydrogens is 152 g/mol. The summed E-state index contributed by atoms with van der Waals surface area (Å²) in [7, 11) is 0. The van der Waals surface area contributed by atoms with Gasteiger partial charge in [-0.25, -0.2) is 0 Å². The van der Waals surface area contributed by atoms with Crippen LogP contribution in [0, 0.1) is 11.8 Å². The minimum absolute atomic E-state index is 0.397. The topological polar surface area (TPSA) is 37.3 Å². The number of carbonyl (C=O) groups is 1. The molecule has 2 saturated carbocycles. The van der Waals surface area contributed by atoms with E-state index in [4.69, 9.17) is 0 Å². The number of rotatable bonds is 0. The maximum atomic E-state index is 11.1. The average Bonchev–Trinajstić information content (AvgIpc) is 2.27. The Bertz CT molecular complexity index is 208. The molecule has 0 aromatic carbocycles. The van der Waals surface area contributed by atoms with Crippen LogP contribution in [0.5, 0.6) is 0 Å². The van der Waals surface area contributed by atoms with E-state index in [1.165, 1.54) is 0 Å². The van der Waals surface area contributed by atoms with Gasteiger partial charge in [0.25, 0.3) is 0 Å². The molecule has 0 aromatic heterocycles. The maximum absolute atomic E-state index is 11.1. The molecule has 12 heavy (non-hydrogen) atoms. The lowest BCUT2D eigenvalue weighted by atomic mass is 9.76. The third kappa shape index (κ3) is 1.18. The first-order valence-corrected chi connectivity index (χ1v) is 4.84. The highest BCUT2D eigenvalue weighted by Crippen LogP contribution is 2.46. The highest BCUT2D eigenvalue weighted by Gasteiger charge is 2.46. The Labute approximate surface area is 73.0 Å². The van der Waals surface area contributed by atoms with Crippen LogP contribution in [-0.4, -0.2) is 16.5 Å². The number of hydrogen-bond donors (Lipinski definition) is 1. The van der Waals surface area contributed by atoms with Gasteiger partial charge in [0.2, 0.25) is 0 Å². The second kappa shape index (κ2) is 2.56. The molecule has 0 spiro atoms. The van der Waals surface area contributed by atoms with Crippen LogP contribution in [0.2, 0.25) is 0 Å². The van der Waals surface area contributed by atoms with E-state index in [9.17, 15) is 9.90 Å². The van der Waals surface area contributed by atoms with Gasteiger partial charge in [0.05, 0.1) is 5.60 Å². The van der Waals surface area contributed by atoms with Crippen molar-refractivity contribution in [3.8, 4) is 0 Å². The number of Topliss-reactive ketones (excluding diaryl/α,β-unsaturated/α-hetero) is 1.